The summed E-state index contributed by atoms with van der Waals surface area (Å²) < 4.78 is 21.7. The van der Waals surface area contributed by atoms with Crippen LogP contribution in [-0.4, -0.2) is 28.9 Å². The molecule has 0 spiro atoms. The van der Waals surface area contributed by atoms with E-state index in [4.69, 9.17) is 27.2 Å². The Kier molecular flexibility index (Phi) is 13.3. The minimum absolute atomic E-state index is 0.0810. The molecule has 6 nitrogen and oxygen atoms in total. The fourth-order valence-corrected chi connectivity index (χ4v) is 1.45. The first-order chi connectivity index (χ1) is 11.8. The summed E-state index contributed by atoms with van der Waals surface area (Å²) in [5.41, 5.74) is 4.26. The second-order valence-electron chi connectivity index (χ2n) is 6.22. The van der Waals surface area contributed by atoms with Crippen molar-refractivity contribution < 1.29 is 28.6 Å². The average molecular weight is 394 g/mol. The van der Waals surface area contributed by atoms with Gasteiger partial charge in [0.25, 0.3) is 0 Å². The van der Waals surface area contributed by atoms with Crippen molar-refractivity contribution in [2.75, 3.05) is 0 Å². The first-order valence-electron chi connectivity index (χ1n) is 8.13. The summed E-state index contributed by atoms with van der Waals surface area (Å²) >= 11 is 5.35. The topological polar surface area (TPSA) is 98.9 Å². The van der Waals surface area contributed by atoms with E-state index in [1.54, 1.807) is 27.7 Å². The average Bonchev–Trinajstić information content (AvgIpc) is 2.44. The summed E-state index contributed by atoms with van der Waals surface area (Å²) in [5.74, 6) is -0.788. The van der Waals surface area contributed by atoms with Crippen molar-refractivity contribution in [3.05, 3.63) is 29.0 Å². The predicted molar refractivity (Wildman–Crippen MR) is 99.6 cm³/mol. The highest BCUT2D eigenvalue weighted by Crippen LogP contribution is 2.17. The number of benzene rings is 1. The first kappa shape index (κ1) is 26.2. The molecule has 8 heteroatoms. The van der Waals surface area contributed by atoms with Crippen molar-refractivity contribution in [2.24, 2.45) is 5.73 Å². The van der Waals surface area contributed by atoms with E-state index < -0.39 is 17.5 Å². The van der Waals surface area contributed by atoms with E-state index in [0.29, 0.717) is 6.42 Å². The summed E-state index contributed by atoms with van der Waals surface area (Å²) in [5, 5.41) is 8.87. The number of amides is 1. The molecule has 1 unspecified atom stereocenters. The summed E-state index contributed by atoms with van der Waals surface area (Å²) in [4.78, 5) is 20.6. The number of primary amides is 1. The van der Waals surface area contributed by atoms with Gasteiger partial charge in [-0.2, -0.15) is 0 Å². The van der Waals surface area contributed by atoms with Gasteiger partial charge in [0.1, 0.15) is 17.2 Å². The second-order valence-corrected chi connectivity index (χ2v) is 6.66. The van der Waals surface area contributed by atoms with E-state index in [-0.39, 0.29) is 22.8 Å². The Hall–Kier alpha value is -2.02. The molecule has 0 aromatic heterocycles. The van der Waals surface area contributed by atoms with Crippen LogP contribution in [0, 0.1) is 5.82 Å². The molecule has 1 atom stereocenters. The molecule has 26 heavy (non-hydrogen) atoms. The van der Waals surface area contributed by atoms with Crippen molar-refractivity contribution in [3.8, 4) is 5.75 Å². The molecule has 0 radical (unpaired) electrons. The van der Waals surface area contributed by atoms with Gasteiger partial charge >= 0.3 is 12.1 Å². The van der Waals surface area contributed by atoms with E-state index in [0.717, 1.165) is 18.6 Å². The van der Waals surface area contributed by atoms with E-state index in [2.05, 4.69) is 4.74 Å². The number of hydrogen-bond donors (Lipinski definition) is 2. The fourth-order valence-electron chi connectivity index (χ4n) is 1.23. The highest BCUT2D eigenvalue weighted by molar-refractivity contribution is 6.30. The lowest BCUT2D eigenvalue weighted by Crippen LogP contribution is -2.27. The Morgan fingerprint density at radius 2 is 1.81 bits per heavy atom. The lowest BCUT2D eigenvalue weighted by Gasteiger charge is -2.16. The molecule has 1 aromatic carbocycles. The highest BCUT2D eigenvalue weighted by atomic mass is 35.5. The minimum Gasteiger partial charge on any atom is -0.508 e. The van der Waals surface area contributed by atoms with Gasteiger partial charge in [0.2, 0.25) is 0 Å². The van der Waals surface area contributed by atoms with E-state index >= 15 is 0 Å². The molecule has 1 amide bonds. The standard InChI is InChI=1S/C7H14O2.C6H4ClFO.C5H11NO2/c1-4-6(3)9-7(8)5-2;7-4-1-5(8)3-6(9)2-4;1-5(2,3)8-4(6)7/h6H,4-5H2,1-3H3;1-3,9H;1-3H3,(H2,6,7). The quantitative estimate of drug-likeness (QED) is 0.718. The molecule has 0 saturated carbocycles. The maximum Gasteiger partial charge on any atom is 0.405 e. The molecule has 0 fully saturated rings. The molecule has 3 N–H and O–H groups in total. The van der Waals surface area contributed by atoms with Crippen LogP contribution in [0.2, 0.25) is 5.02 Å². The molecule has 1 aromatic rings. The van der Waals surface area contributed by atoms with Crippen LogP contribution in [0.4, 0.5) is 9.18 Å². The maximum absolute atomic E-state index is 12.2. The van der Waals surface area contributed by atoms with Gasteiger partial charge in [-0.3, -0.25) is 4.79 Å². The number of carbonyl (C=O) groups is 2. The number of hydrogen-bond acceptors (Lipinski definition) is 5. The molecule has 0 saturated heterocycles. The summed E-state index contributed by atoms with van der Waals surface area (Å²) in [6, 6.07) is 3.39. The molecule has 0 aliphatic rings. The van der Waals surface area contributed by atoms with Crippen LogP contribution in [0.5, 0.6) is 5.75 Å². The van der Waals surface area contributed by atoms with Crippen molar-refractivity contribution in [3.63, 3.8) is 0 Å². The van der Waals surface area contributed by atoms with Gasteiger partial charge in [0, 0.05) is 17.5 Å². The van der Waals surface area contributed by atoms with Crippen LogP contribution in [-0.2, 0) is 14.3 Å². The molecule has 0 heterocycles. The SMILES string of the molecule is CC(C)(C)OC(N)=O.CCC(=O)OC(C)CC.Oc1cc(F)cc(Cl)c1. The van der Waals surface area contributed by atoms with E-state index in [9.17, 15) is 14.0 Å². The normalized spacial score (nSPS) is 11.1. The third kappa shape index (κ3) is 18.3. The number of halogens is 2. The van der Waals surface area contributed by atoms with Crippen LogP contribution >= 0.6 is 11.6 Å². The molecular formula is C18H29ClFNO5. The number of carbonyl (C=O) groups excluding carboxylic acids is 2. The zero-order valence-corrected chi connectivity index (χ0v) is 16.9. The van der Waals surface area contributed by atoms with Gasteiger partial charge in [0.05, 0.1) is 6.10 Å². The Labute approximate surface area is 159 Å². The molecule has 150 valence electrons. The number of ether oxygens (including phenoxy) is 2. The lowest BCUT2D eigenvalue weighted by atomic mass is 10.2. The molecule has 0 aliphatic carbocycles. The van der Waals surface area contributed by atoms with E-state index in [1.165, 1.54) is 6.07 Å². The van der Waals surface area contributed by atoms with Crippen LogP contribution in [0.3, 0.4) is 0 Å². The third-order valence-electron chi connectivity index (χ3n) is 2.45. The summed E-state index contributed by atoms with van der Waals surface area (Å²) in [6.45, 7) is 11.0. The van der Waals surface area contributed by atoms with Crippen LogP contribution < -0.4 is 5.73 Å². The van der Waals surface area contributed by atoms with Crippen LogP contribution in [0.15, 0.2) is 18.2 Å². The smallest absolute Gasteiger partial charge is 0.405 e. The van der Waals surface area contributed by atoms with Crippen molar-refractivity contribution in [2.45, 2.75) is 66.1 Å². The van der Waals surface area contributed by atoms with E-state index in [1.807, 2.05) is 13.8 Å². The van der Waals surface area contributed by atoms with Crippen LogP contribution in [0.1, 0.15) is 54.4 Å². The number of aromatic hydroxyl groups is 1. The molecular weight excluding hydrogens is 365 g/mol. The number of phenolic OH excluding ortho intramolecular Hbond substituents is 1. The van der Waals surface area contributed by atoms with Gasteiger partial charge in [-0.15, -0.1) is 0 Å². The van der Waals surface area contributed by atoms with Gasteiger partial charge in [-0.05, 0) is 46.2 Å². The predicted octanol–water partition coefficient (Wildman–Crippen LogP) is 4.80. The first-order valence-corrected chi connectivity index (χ1v) is 8.51. The third-order valence-corrected chi connectivity index (χ3v) is 2.67. The van der Waals surface area contributed by atoms with Gasteiger partial charge < -0.3 is 20.3 Å². The molecule has 1 rings (SSSR count). The highest BCUT2D eigenvalue weighted by Gasteiger charge is 2.12. The number of nitrogens with two attached hydrogens (primary N) is 1. The fraction of sp³-hybridized carbons (Fsp3) is 0.556. The number of rotatable bonds is 3. The van der Waals surface area contributed by atoms with Crippen LogP contribution in [0.25, 0.3) is 0 Å². The molecule has 0 aliphatic heterocycles. The van der Waals surface area contributed by atoms with Gasteiger partial charge in [-0.1, -0.05) is 25.4 Å². The van der Waals surface area contributed by atoms with Crippen molar-refractivity contribution >= 4 is 23.7 Å². The Balaban J connectivity index is 0. The zero-order chi connectivity index (χ0) is 20.9. The Morgan fingerprint density at radius 3 is 2.08 bits per heavy atom. The van der Waals surface area contributed by atoms with Crippen molar-refractivity contribution in [1.82, 2.24) is 0 Å². The summed E-state index contributed by atoms with van der Waals surface area (Å²) in [6.07, 6.45) is 0.728. The Morgan fingerprint density at radius 1 is 1.27 bits per heavy atom. The number of esters is 1. The summed E-state index contributed by atoms with van der Waals surface area (Å²) in [7, 11) is 0. The number of phenols is 1. The largest absolute Gasteiger partial charge is 0.508 e. The maximum atomic E-state index is 12.2. The van der Waals surface area contributed by atoms with Gasteiger partial charge in [-0.25, -0.2) is 9.18 Å². The monoisotopic (exact) mass is 393 g/mol. The zero-order valence-electron chi connectivity index (χ0n) is 16.1. The van der Waals surface area contributed by atoms with Crippen molar-refractivity contribution in [1.29, 1.82) is 0 Å². The van der Waals surface area contributed by atoms with Gasteiger partial charge in [0.15, 0.2) is 0 Å². The minimum atomic E-state index is -0.725. The lowest BCUT2D eigenvalue weighted by molar-refractivity contribution is -0.147. The second kappa shape index (κ2) is 13.2. The Bertz CT molecular complexity index is 511. The molecule has 0 bridgehead atoms.